The Morgan fingerprint density at radius 3 is 2.94 bits per heavy atom. The lowest BCUT2D eigenvalue weighted by atomic mass is 10.0. The van der Waals surface area contributed by atoms with Gasteiger partial charge in [0.05, 0.1) is 11.4 Å². The van der Waals surface area contributed by atoms with Crippen LogP contribution in [-0.2, 0) is 9.53 Å². The molecule has 1 amide bonds. The van der Waals surface area contributed by atoms with Crippen LogP contribution in [0, 0.1) is 6.92 Å². The van der Waals surface area contributed by atoms with Gasteiger partial charge in [-0.05, 0) is 26.7 Å². The minimum Gasteiger partial charge on any atom is -0.394 e. The van der Waals surface area contributed by atoms with Crippen molar-refractivity contribution < 1.29 is 9.53 Å². The Kier molecular flexibility index (Phi) is 2.59. The van der Waals surface area contributed by atoms with Crippen molar-refractivity contribution in [1.29, 1.82) is 0 Å². The number of nitrogens with one attached hydrogen (secondary N) is 2. The number of carbonyl (C=O) groups is 1. The summed E-state index contributed by atoms with van der Waals surface area (Å²) in [4.78, 5) is 12.0. The number of aromatic amines is 1. The predicted molar refractivity (Wildman–Crippen MR) is 60.0 cm³/mol. The largest absolute Gasteiger partial charge is 0.394 e. The quantitative estimate of drug-likeness (QED) is 0.693. The summed E-state index contributed by atoms with van der Waals surface area (Å²) < 4.78 is 5.43. The van der Waals surface area contributed by atoms with E-state index in [0.717, 1.165) is 18.5 Å². The lowest BCUT2D eigenvalue weighted by Crippen LogP contribution is -2.39. The number of hydrogen-bond acceptors (Lipinski definition) is 4. The third-order valence-corrected chi connectivity index (χ3v) is 2.93. The molecule has 1 aliphatic heterocycles. The van der Waals surface area contributed by atoms with Gasteiger partial charge in [-0.15, -0.1) is 0 Å². The fourth-order valence-corrected chi connectivity index (χ4v) is 1.73. The number of aryl methyl sites for hydroxylation is 1. The first-order valence-corrected chi connectivity index (χ1v) is 5.29. The lowest BCUT2D eigenvalue weighted by molar-refractivity contribution is -0.133. The molecule has 4 N–H and O–H groups in total. The van der Waals surface area contributed by atoms with Gasteiger partial charge in [0, 0.05) is 6.61 Å². The topological polar surface area (TPSA) is 93.0 Å². The molecule has 0 saturated carbocycles. The van der Waals surface area contributed by atoms with Crippen LogP contribution in [0.3, 0.4) is 0 Å². The highest BCUT2D eigenvalue weighted by Crippen LogP contribution is 2.27. The summed E-state index contributed by atoms with van der Waals surface area (Å²) in [6, 6.07) is 0. The van der Waals surface area contributed by atoms with Crippen LogP contribution in [-0.4, -0.2) is 28.3 Å². The number of amides is 1. The summed E-state index contributed by atoms with van der Waals surface area (Å²) in [6.45, 7) is 4.20. The Bertz CT molecular complexity index is 407. The van der Waals surface area contributed by atoms with Crippen LogP contribution < -0.4 is 11.1 Å². The highest BCUT2D eigenvalue weighted by molar-refractivity contribution is 5.98. The van der Waals surface area contributed by atoms with Gasteiger partial charge in [-0.25, -0.2) is 0 Å². The second kappa shape index (κ2) is 3.79. The smallest absolute Gasteiger partial charge is 0.257 e. The van der Waals surface area contributed by atoms with Crippen LogP contribution >= 0.6 is 0 Å². The fourth-order valence-electron chi connectivity index (χ4n) is 1.73. The van der Waals surface area contributed by atoms with Gasteiger partial charge in [-0.2, -0.15) is 5.10 Å². The summed E-state index contributed by atoms with van der Waals surface area (Å²) in [7, 11) is 0. The molecule has 0 aliphatic carbocycles. The highest BCUT2D eigenvalue weighted by Gasteiger charge is 2.38. The Morgan fingerprint density at radius 2 is 2.44 bits per heavy atom. The van der Waals surface area contributed by atoms with Gasteiger partial charge in [-0.1, -0.05) is 0 Å². The summed E-state index contributed by atoms with van der Waals surface area (Å²) in [5, 5.41) is 9.32. The van der Waals surface area contributed by atoms with Crippen molar-refractivity contribution in [3.8, 4) is 0 Å². The number of nitrogens with two attached hydrogens (primary N) is 1. The number of rotatable bonds is 2. The minimum absolute atomic E-state index is 0.191. The number of ether oxygens (including phenoxy) is 1. The van der Waals surface area contributed by atoms with E-state index < -0.39 is 5.60 Å². The zero-order chi connectivity index (χ0) is 11.8. The number of anilines is 2. The molecular formula is C10H16N4O2. The number of aromatic nitrogens is 2. The number of H-pyrrole nitrogens is 1. The molecule has 6 nitrogen and oxygen atoms in total. The molecule has 6 heteroatoms. The number of carbonyl (C=O) groups excluding carboxylic acids is 1. The standard InChI is InChI=1S/C10H16N4O2/c1-6-7(11)8(14-13-6)12-9(15)10(2)4-3-5-16-10/h3-5,11H2,1-2H3,(H2,12,13,14,15). The van der Waals surface area contributed by atoms with E-state index in [9.17, 15) is 4.79 Å². The third kappa shape index (κ3) is 1.76. The molecule has 1 atom stereocenters. The van der Waals surface area contributed by atoms with Crippen molar-refractivity contribution in [2.75, 3.05) is 17.7 Å². The first-order valence-electron chi connectivity index (χ1n) is 5.29. The average molecular weight is 224 g/mol. The van der Waals surface area contributed by atoms with Crippen molar-refractivity contribution >= 4 is 17.4 Å². The van der Waals surface area contributed by atoms with Crippen LogP contribution in [0.1, 0.15) is 25.5 Å². The third-order valence-electron chi connectivity index (χ3n) is 2.93. The summed E-state index contributed by atoms with van der Waals surface area (Å²) >= 11 is 0. The number of hydrogen-bond donors (Lipinski definition) is 3. The molecule has 1 unspecified atom stereocenters. The molecule has 2 heterocycles. The lowest BCUT2D eigenvalue weighted by Gasteiger charge is -2.21. The average Bonchev–Trinajstić information content (AvgIpc) is 2.81. The van der Waals surface area contributed by atoms with Crippen LogP contribution in [0.15, 0.2) is 0 Å². The van der Waals surface area contributed by atoms with E-state index >= 15 is 0 Å². The van der Waals surface area contributed by atoms with E-state index in [0.29, 0.717) is 18.1 Å². The van der Waals surface area contributed by atoms with Gasteiger partial charge in [0.1, 0.15) is 5.60 Å². The molecule has 0 radical (unpaired) electrons. The zero-order valence-corrected chi connectivity index (χ0v) is 9.46. The minimum atomic E-state index is -0.751. The van der Waals surface area contributed by atoms with Crippen molar-refractivity contribution in [2.24, 2.45) is 0 Å². The summed E-state index contributed by atoms with van der Waals surface area (Å²) in [5.41, 5.74) is 6.20. The Hall–Kier alpha value is -1.56. The van der Waals surface area contributed by atoms with Gasteiger partial charge < -0.3 is 15.8 Å². The maximum Gasteiger partial charge on any atom is 0.257 e. The van der Waals surface area contributed by atoms with E-state index in [1.54, 1.807) is 13.8 Å². The molecule has 1 aromatic rings. The van der Waals surface area contributed by atoms with Gasteiger partial charge in [0.2, 0.25) is 0 Å². The SMILES string of the molecule is Cc1[nH]nc(NC(=O)C2(C)CCCO2)c1N. The van der Waals surface area contributed by atoms with E-state index in [1.807, 2.05) is 0 Å². The molecule has 1 saturated heterocycles. The maximum atomic E-state index is 12.0. The number of nitrogens with zero attached hydrogens (tertiary/aromatic N) is 1. The van der Waals surface area contributed by atoms with E-state index in [4.69, 9.17) is 10.5 Å². The first-order chi connectivity index (χ1) is 7.53. The summed E-state index contributed by atoms with van der Waals surface area (Å²) in [6.07, 6.45) is 1.63. The van der Waals surface area contributed by atoms with Crippen molar-refractivity contribution in [3.05, 3.63) is 5.69 Å². The van der Waals surface area contributed by atoms with E-state index in [2.05, 4.69) is 15.5 Å². The van der Waals surface area contributed by atoms with Gasteiger partial charge in [0.25, 0.3) is 5.91 Å². The van der Waals surface area contributed by atoms with Crippen LogP contribution in [0.4, 0.5) is 11.5 Å². The molecular weight excluding hydrogens is 208 g/mol. The molecule has 1 fully saturated rings. The van der Waals surface area contributed by atoms with Crippen LogP contribution in [0.5, 0.6) is 0 Å². The van der Waals surface area contributed by atoms with Crippen LogP contribution in [0.25, 0.3) is 0 Å². The zero-order valence-electron chi connectivity index (χ0n) is 9.46. The fraction of sp³-hybridized carbons (Fsp3) is 0.600. The molecule has 88 valence electrons. The Morgan fingerprint density at radius 1 is 1.69 bits per heavy atom. The number of nitrogen functional groups attached to an aromatic ring is 1. The Labute approximate surface area is 93.5 Å². The maximum absolute atomic E-state index is 12.0. The second-order valence-corrected chi connectivity index (χ2v) is 4.25. The predicted octanol–water partition coefficient (Wildman–Crippen LogP) is 0.808. The first kappa shape index (κ1) is 10.9. The molecule has 0 bridgehead atoms. The van der Waals surface area contributed by atoms with Gasteiger partial charge in [0.15, 0.2) is 5.82 Å². The molecule has 1 aromatic heterocycles. The van der Waals surface area contributed by atoms with E-state index in [-0.39, 0.29) is 5.91 Å². The van der Waals surface area contributed by atoms with E-state index in [1.165, 1.54) is 0 Å². The molecule has 0 spiro atoms. The molecule has 2 rings (SSSR count). The Balaban J connectivity index is 2.10. The van der Waals surface area contributed by atoms with Crippen LogP contribution in [0.2, 0.25) is 0 Å². The monoisotopic (exact) mass is 224 g/mol. The van der Waals surface area contributed by atoms with Crippen molar-refractivity contribution in [2.45, 2.75) is 32.3 Å². The van der Waals surface area contributed by atoms with Gasteiger partial charge >= 0.3 is 0 Å². The normalized spacial score (nSPS) is 24.6. The summed E-state index contributed by atoms with van der Waals surface area (Å²) in [5.74, 6) is 0.183. The van der Waals surface area contributed by atoms with Gasteiger partial charge in [-0.3, -0.25) is 9.89 Å². The van der Waals surface area contributed by atoms with Crippen molar-refractivity contribution in [3.63, 3.8) is 0 Å². The highest BCUT2D eigenvalue weighted by atomic mass is 16.5. The molecule has 1 aliphatic rings. The van der Waals surface area contributed by atoms with Crippen molar-refractivity contribution in [1.82, 2.24) is 10.2 Å². The molecule has 0 aromatic carbocycles. The molecule has 16 heavy (non-hydrogen) atoms. The second-order valence-electron chi connectivity index (χ2n) is 4.25.